The molecule has 41 heavy (non-hydrogen) atoms. The summed E-state index contributed by atoms with van der Waals surface area (Å²) in [6, 6.07) is 22.3. The van der Waals surface area contributed by atoms with Gasteiger partial charge in [0.05, 0.1) is 27.9 Å². The number of allylic oxidation sites excluding steroid dienone is 1. The molecule has 1 aliphatic heterocycles. The summed E-state index contributed by atoms with van der Waals surface area (Å²) in [6.45, 7) is 5.75. The van der Waals surface area contributed by atoms with Gasteiger partial charge in [-0.3, -0.25) is 9.36 Å². The zero-order valence-corrected chi connectivity index (χ0v) is 25.5. The van der Waals surface area contributed by atoms with Crippen LogP contribution in [0.15, 0.2) is 98.7 Å². The first kappa shape index (κ1) is 28.9. The van der Waals surface area contributed by atoms with E-state index in [0.717, 1.165) is 21.6 Å². The molecule has 6 nitrogen and oxygen atoms in total. The molecule has 0 saturated heterocycles. The summed E-state index contributed by atoms with van der Waals surface area (Å²) in [5.74, 6) is 0.172. The third kappa shape index (κ3) is 6.35. The molecule has 1 aromatic heterocycles. The number of carbonyl (C=O) groups is 1. The number of thiazole rings is 1. The van der Waals surface area contributed by atoms with E-state index in [9.17, 15) is 9.59 Å². The fraction of sp³-hybridized carbons (Fsp3) is 0.219. The normalized spacial score (nSPS) is 15.1. The molecule has 0 fully saturated rings. The van der Waals surface area contributed by atoms with Gasteiger partial charge in [-0.25, -0.2) is 9.79 Å². The van der Waals surface area contributed by atoms with Gasteiger partial charge < -0.3 is 9.47 Å². The van der Waals surface area contributed by atoms with E-state index in [-0.39, 0.29) is 11.7 Å². The van der Waals surface area contributed by atoms with Gasteiger partial charge in [-0.1, -0.05) is 65.4 Å². The van der Waals surface area contributed by atoms with Gasteiger partial charge in [0.25, 0.3) is 5.56 Å². The first-order chi connectivity index (χ1) is 19.7. The van der Waals surface area contributed by atoms with Crippen molar-refractivity contribution < 1.29 is 14.3 Å². The van der Waals surface area contributed by atoms with Crippen molar-refractivity contribution in [1.82, 2.24) is 4.57 Å². The first-order valence-electron chi connectivity index (χ1n) is 13.1. The van der Waals surface area contributed by atoms with E-state index in [0.29, 0.717) is 38.0 Å². The summed E-state index contributed by atoms with van der Waals surface area (Å²) in [5.41, 5.74) is 3.22. The van der Waals surface area contributed by atoms with Crippen LogP contribution in [0.4, 0.5) is 0 Å². The standard InChI is InChI=1S/C32H29ClN2O4S2/c1-19(2)39-31(37)28-20(3)34-32-35(29(28)22-11-15-25(40-4)16-12-22)30(36)27(41-32)17-23-7-5-6-8-26(23)38-18-21-9-13-24(33)14-10-21/h5-17,19,29H,18H2,1-4H3/b27-17+/t29-/m1/s1. The van der Waals surface area contributed by atoms with Crippen LogP contribution in [0.2, 0.25) is 5.02 Å². The predicted molar refractivity (Wildman–Crippen MR) is 165 cm³/mol. The minimum absolute atomic E-state index is 0.234. The molecule has 1 aliphatic rings. The summed E-state index contributed by atoms with van der Waals surface area (Å²) < 4.78 is 13.8. The maximum Gasteiger partial charge on any atom is 0.338 e. The van der Waals surface area contributed by atoms with Gasteiger partial charge in [0, 0.05) is 15.5 Å². The Hall–Kier alpha value is -3.59. The molecule has 3 aromatic carbocycles. The van der Waals surface area contributed by atoms with Crippen molar-refractivity contribution in [2.75, 3.05) is 6.26 Å². The minimum atomic E-state index is -0.660. The molecule has 2 heterocycles. The molecule has 0 radical (unpaired) electrons. The van der Waals surface area contributed by atoms with Crippen molar-refractivity contribution in [3.63, 3.8) is 0 Å². The number of thioether (sulfide) groups is 1. The van der Waals surface area contributed by atoms with Crippen molar-refractivity contribution >= 4 is 46.7 Å². The molecule has 0 saturated carbocycles. The Morgan fingerprint density at radius 3 is 2.49 bits per heavy atom. The Morgan fingerprint density at radius 1 is 1.10 bits per heavy atom. The van der Waals surface area contributed by atoms with Crippen LogP contribution in [0.5, 0.6) is 5.75 Å². The Labute approximate surface area is 251 Å². The van der Waals surface area contributed by atoms with E-state index in [1.807, 2.05) is 85.1 Å². The summed E-state index contributed by atoms with van der Waals surface area (Å²) in [5, 5.41) is 0.666. The molecule has 5 rings (SSSR count). The van der Waals surface area contributed by atoms with Gasteiger partial charge >= 0.3 is 5.97 Å². The fourth-order valence-electron chi connectivity index (χ4n) is 4.58. The molecule has 0 bridgehead atoms. The molecule has 1 atom stereocenters. The highest BCUT2D eigenvalue weighted by Gasteiger charge is 2.33. The Balaban J connectivity index is 1.59. The second-order valence-electron chi connectivity index (χ2n) is 9.76. The van der Waals surface area contributed by atoms with Crippen molar-refractivity contribution in [3.05, 3.63) is 125 Å². The second kappa shape index (κ2) is 12.5. The lowest BCUT2D eigenvalue weighted by molar-refractivity contribution is -0.143. The van der Waals surface area contributed by atoms with Gasteiger partial charge in [0.1, 0.15) is 12.4 Å². The maximum atomic E-state index is 14.0. The third-order valence-electron chi connectivity index (χ3n) is 6.53. The Kier molecular flexibility index (Phi) is 8.82. The SMILES string of the molecule is CSc1ccc([C@@H]2C(C(=O)OC(C)C)=C(C)N=c3s/c(=C/c4ccccc4OCc4ccc(Cl)cc4)c(=O)n32)cc1. The van der Waals surface area contributed by atoms with Crippen LogP contribution >= 0.6 is 34.7 Å². The number of rotatable bonds is 8. The number of hydrogen-bond donors (Lipinski definition) is 0. The summed E-state index contributed by atoms with van der Waals surface area (Å²) >= 11 is 8.92. The van der Waals surface area contributed by atoms with Crippen molar-refractivity contribution in [2.24, 2.45) is 4.99 Å². The molecule has 0 N–H and O–H groups in total. The average Bonchev–Trinajstić information content (AvgIpc) is 3.26. The fourth-order valence-corrected chi connectivity index (χ4v) is 6.15. The highest BCUT2D eigenvalue weighted by molar-refractivity contribution is 7.98. The Morgan fingerprint density at radius 2 is 1.80 bits per heavy atom. The van der Waals surface area contributed by atoms with E-state index in [1.54, 1.807) is 37.1 Å². The van der Waals surface area contributed by atoms with Crippen LogP contribution in [0.25, 0.3) is 6.08 Å². The van der Waals surface area contributed by atoms with Crippen LogP contribution < -0.4 is 19.6 Å². The van der Waals surface area contributed by atoms with E-state index in [4.69, 9.17) is 21.1 Å². The molecule has 0 spiro atoms. The molecular weight excluding hydrogens is 576 g/mol. The third-order valence-corrected chi connectivity index (χ3v) is 8.51. The van der Waals surface area contributed by atoms with Gasteiger partial charge in [-0.15, -0.1) is 11.8 Å². The quantitative estimate of drug-likeness (QED) is 0.178. The van der Waals surface area contributed by atoms with Crippen LogP contribution in [-0.4, -0.2) is 22.9 Å². The number of esters is 1. The van der Waals surface area contributed by atoms with Gasteiger partial charge in [-0.2, -0.15) is 0 Å². The summed E-state index contributed by atoms with van der Waals surface area (Å²) in [4.78, 5) is 33.6. The average molecular weight is 605 g/mol. The number of aromatic nitrogens is 1. The number of benzene rings is 3. The number of ether oxygens (including phenoxy) is 2. The second-order valence-corrected chi connectivity index (χ2v) is 12.1. The highest BCUT2D eigenvalue weighted by atomic mass is 35.5. The van der Waals surface area contributed by atoms with Gasteiger partial charge in [0.2, 0.25) is 0 Å². The predicted octanol–water partition coefficient (Wildman–Crippen LogP) is 6.14. The molecule has 0 unspecified atom stereocenters. The lowest BCUT2D eigenvalue weighted by Gasteiger charge is -2.25. The van der Waals surface area contributed by atoms with Crippen molar-refractivity contribution in [2.45, 2.75) is 44.4 Å². The van der Waals surface area contributed by atoms with E-state index in [2.05, 4.69) is 4.99 Å². The van der Waals surface area contributed by atoms with Gasteiger partial charge in [0.15, 0.2) is 4.80 Å². The molecule has 0 amide bonds. The van der Waals surface area contributed by atoms with E-state index < -0.39 is 12.0 Å². The van der Waals surface area contributed by atoms with Gasteiger partial charge in [-0.05, 0) is 74.6 Å². The van der Waals surface area contributed by atoms with Crippen LogP contribution in [-0.2, 0) is 16.1 Å². The Bertz CT molecular complexity index is 1790. The minimum Gasteiger partial charge on any atom is -0.488 e. The highest BCUT2D eigenvalue weighted by Crippen LogP contribution is 2.32. The molecule has 9 heteroatoms. The molecule has 4 aromatic rings. The van der Waals surface area contributed by atoms with E-state index in [1.165, 1.54) is 11.3 Å². The largest absolute Gasteiger partial charge is 0.488 e. The smallest absolute Gasteiger partial charge is 0.338 e. The van der Waals surface area contributed by atoms with Crippen LogP contribution in [0.3, 0.4) is 0 Å². The van der Waals surface area contributed by atoms with E-state index >= 15 is 0 Å². The van der Waals surface area contributed by atoms with Crippen LogP contribution in [0, 0.1) is 0 Å². The maximum absolute atomic E-state index is 14.0. The van der Waals surface area contributed by atoms with Crippen molar-refractivity contribution in [3.8, 4) is 5.75 Å². The number of nitrogens with zero attached hydrogens (tertiary/aromatic N) is 2. The number of carbonyl (C=O) groups excluding carboxylic acids is 1. The van der Waals surface area contributed by atoms with Crippen LogP contribution in [0.1, 0.15) is 43.5 Å². The number of fused-ring (bicyclic) bond motifs is 1. The number of hydrogen-bond acceptors (Lipinski definition) is 7. The molecule has 0 aliphatic carbocycles. The zero-order valence-electron chi connectivity index (χ0n) is 23.1. The summed E-state index contributed by atoms with van der Waals surface area (Å²) in [7, 11) is 0. The molecular formula is C32H29ClN2O4S2. The lowest BCUT2D eigenvalue weighted by Crippen LogP contribution is -2.40. The monoisotopic (exact) mass is 604 g/mol. The topological polar surface area (TPSA) is 69.9 Å². The summed E-state index contributed by atoms with van der Waals surface area (Å²) in [6.07, 6.45) is 3.52. The first-order valence-corrected chi connectivity index (χ1v) is 15.5. The molecule has 210 valence electrons. The number of para-hydroxylation sites is 1. The zero-order chi connectivity index (χ0) is 29.1. The van der Waals surface area contributed by atoms with Crippen molar-refractivity contribution in [1.29, 1.82) is 0 Å². The number of halogens is 1. The lowest BCUT2D eigenvalue weighted by atomic mass is 9.96.